The first-order chi connectivity index (χ1) is 16.5. The third-order valence-electron chi connectivity index (χ3n) is 6.45. The number of alkyl halides is 2. The third-order valence-corrected chi connectivity index (χ3v) is 8.85. The molecular formula is C21H24F2N8O2S2. The molecule has 1 saturated carbocycles. The van der Waals surface area contributed by atoms with Crippen LogP contribution in [-0.4, -0.2) is 58.7 Å². The van der Waals surface area contributed by atoms with Gasteiger partial charge in [0.2, 0.25) is 10.0 Å². The molecule has 3 aromatic heterocycles. The lowest BCUT2D eigenvalue weighted by Crippen LogP contribution is -2.54. The summed E-state index contributed by atoms with van der Waals surface area (Å²) in [6.45, 7) is 7.16. The quantitative estimate of drug-likeness (QED) is 0.506. The lowest BCUT2D eigenvalue weighted by molar-refractivity contribution is 0.150. The lowest BCUT2D eigenvalue weighted by atomic mass is 10.1. The van der Waals surface area contributed by atoms with Gasteiger partial charge in [0.25, 0.3) is 6.43 Å². The maximum atomic E-state index is 13.4. The molecule has 0 aromatic carbocycles. The molecule has 1 aliphatic carbocycles. The second kappa shape index (κ2) is 8.44. The molecule has 0 radical (unpaired) electrons. The van der Waals surface area contributed by atoms with Crippen LogP contribution in [0, 0.1) is 17.2 Å². The van der Waals surface area contributed by atoms with Crippen molar-refractivity contribution in [3.05, 3.63) is 23.5 Å². The van der Waals surface area contributed by atoms with Crippen molar-refractivity contribution >= 4 is 32.6 Å². The molecule has 10 nitrogen and oxygen atoms in total. The number of aromatic nitrogens is 4. The molecule has 5 rings (SSSR count). The molecule has 2 aliphatic rings. The molecule has 1 saturated heterocycles. The Hall–Kier alpha value is -2.73. The van der Waals surface area contributed by atoms with Gasteiger partial charge in [0, 0.05) is 31.4 Å². The van der Waals surface area contributed by atoms with E-state index in [2.05, 4.69) is 36.2 Å². The highest BCUT2D eigenvalue weighted by Crippen LogP contribution is 2.43. The van der Waals surface area contributed by atoms with Gasteiger partial charge in [-0.1, -0.05) is 18.3 Å². The number of piperazine rings is 1. The highest BCUT2D eigenvalue weighted by Gasteiger charge is 2.54. The Morgan fingerprint density at radius 2 is 1.97 bits per heavy atom. The van der Waals surface area contributed by atoms with Gasteiger partial charge in [0.05, 0.1) is 23.5 Å². The number of fused-ring (bicyclic) bond motifs is 1. The maximum absolute atomic E-state index is 13.4. The Kier molecular flexibility index (Phi) is 5.78. The van der Waals surface area contributed by atoms with Gasteiger partial charge >= 0.3 is 0 Å². The number of nitriles is 1. The fourth-order valence-corrected chi connectivity index (χ4v) is 6.72. The van der Waals surface area contributed by atoms with Crippen LogP contribution in [-0.2, 0) is 10.0 Å². The van der Waals surface area contributed by atoms with Crippen LogP contribution in [0.1, 0.15) is 38.6 Å². The van der Waals surface area contributed by atoms with Crippen LogP contribution >= 0.6 is 11.3 Å². The molecule has 186 valence electrons. The Labute approximate surface area is 205 Å². The summed E-state index contributed by atoms with van der Waals surface area (Å²) >= 11 is 0.706. The maximum Gasteiger partial charge on any atom is 0.291 e. The van der Waals surface area contributed by atoms with E-state index in [0.717, 1.165) is 0 Å². The first kappa shape index (κ1) is 24.0. The van der Waals surface area contributed by atoms with Crippen molar-refractivity contribution in [1.82, 2.24) is 29.6 Å². The van der Waals surface area contributed by atoms with Gasteiger partial charge in [0.1, 0.15) is 10.4 Å². The molecule has 0 amide bonds. The van der Waals surface area contributed by atoms with E-state index in [1.807, 2.05) is 20.8 Å². The molecule has 2 fully saturated rings. The zero-order chi connectivity index (χ0) is 25.1. The van der Waals surface area contributed by atoms with Crippen molar-refractivity contribution in [2.24, 2.45) is 5.92 Å². The average molecular weight is 523 g/mol. The van der Waals surface area contributed by atoms with Gasteiger partial charge in [0.15, 0.2) is 15.8 Å². The largest absolute Gasteiger partial charge is 0.367 e. The number of anilines is 1. The second-order valence-electron chi connectivity index (χ2n) is 9.31. The first-order valence-corrected chi connectivity index (χ1v) is 13.4. The van der Waals surface area contributed by atoms with Gasteiger partial charge < -0.3 is 10.2 Å². The van der Waals surface area contributed by atoms with E-state index in [1.54, 1.807) is 16.7 Å². The molecule has 35 heavy (non-hydrogen) atoms. The standard InChI is InChI=1S/C21H24F2N8O2S2/c1-11-5-21(11,10-24)29-35(32,33)14-4-15(30-7-12(2)26-13(3)8-30)16-6-25-18(31(16)9-14)20-28-27-19(34-20)17(22)23/h4,6,9,11-13,17,26,29H,5,7-8H2,1-3H3/t11-,12+,13+,21+/m1/s1. The third kappa shape index (κ3) is 4.26. The van der Waals surface area contributed by atoms with Gasteiger partial charge in [-0.15, -0.1) is 10.2 Å². The molecule has 4 heterocycles. The second-order valence-corrected chi connectivity index (χ2v) is 12.0. The fraction of sp³-hybridized carbons (Fsp3) is 0.524. The smallest absolute Gasteiger partial charge is 0.291 e. The van der Waals surface area contributed by atoms with Crippen LogP contribution in [0.3, 0.4) is 0 Å². The number of nitrogens with zero attached hydrogens (tertiary/aromatic N) is 6. The monoisotopic (exact) mass is 522 g/mol. The fourth-order valence-electron chi connectivity index (χ4n) is 4.59. The number of pyridine rings is 1. The zero-order valence-electron chi connectivity index (χ0n) is 19.2. The number of hydrogen-bond acceptors (Lipinski definition) is 9. The van der Waals surface area contributed by atoms with Crippen LogP contribution in [0.15, 0.2) is 23.4 Å². The van der Waals surface area contributed by atoms with Crippen molar-refractivity contribution in [2.45, 2.75) is 56.1 Å². The minimum absolute atomic E-state index is 0.0505. The van der Waals surface area contributed by atoms with E-state index in [1.165, 1.54) is 6.20 Å². The van der Waals surface area contributed by atoms with Gasteiger partial charge in [-0.25, -0.2) is 22.2 Å². The average Bonchev–Trinajstić information content (AvgIpc) is 3.15. The van der Waals surface area contributed by atoms with Crippen LogP contribution in [0.4, 0.5) is 14.5 Å². The summed E-state index contributed by atoms with van der Waals surface area (Å²) < 4.78 is 57.2. The van der Waals surface area contributed by atoms with E-state index in [0.29, 0.717) is 42.1 Å². The van der Waals surface area contributed by atoms with E-state index in [4.69, 9.17) is 0 Å². The van der Waals surface area contributed by atoms with Gasteiger partial charge in [-0.05, 0) is 32.3 Å². The van der Waals surface area contributed by atoms with E-state index in [9.17, 15) is 22.5 Å². The topological polar surface area (TPSA) is 128 Å². The van der Waals surface area contributed by atoms with E-state index >= 15 is 0 Å². The van der Waals surface area contributed by atoms with Crippen LogP contribution in [0.25, 0.3) is 16.3 Å². The van der Waals surface area contributed by atoms with Crippen molar-refractivity contribution in [2.75, 3.05) is 18.0 Å². The van der Waals surface area contributed by atoms with Crippen LogP contribution < -0.4 is 14.9 Å². The number of nitrogens with one attached hydrogen (secondary N) is 2. The molecule has 1 aliphatic heterocycles. The first-order valence-electron chi connectivity index (χ1n) is 11.1. The van der Waals surface area contributed by atoms with E-state index in [-0.39, 0.29) is 33.7 Å². The number of imidazole rings is 1. The molecule has 14 heteroatoms. The Morgan fingerprint density at radius 3 is 2.54 bits per heavy atom. The van der Waals surface area contributed by atoms with Crippen molar-refractivity contribution in [1.29, 1.82) is 5.26 Å². The Morgan fingerprint density at radius 1 is 1.29 bits per heavy atom. The highest BCUT2D eigenvalue weighted by atomic mass is 32.2. The zero-order valence-corrected chi connectivity index (χ0v) is 20.9. The summed E-state index contributed by atoms with van der Waals surface area (Å²) in [6.07, 6.45) is 0.631. The number of hydrogen-bond donors (Lipinski definition) is 2. The summed E-state index contributed by atoms with van der Waals surface area (Å²) in [4.78, 5) is 6.42. The normalized spacial score (nSPS) is 26.9. The Bertz CT molecular complexity index is 1420. The SMILES string of the molecule is C[C@@H]1C[C@@]1(C#N)NS(=O)(=O)c1cc(N2C[C@H](C)N[C@@H](C)C2)c2cnc(-c3nnc(C(F)F)s3)n2c1. The highest BCUT2D eigenvalue weighted by molar-refractivity contribution is 7.89. The molecule has 0 unspecified atom stereocenters. The summed E-state index contributed by atoms with van der Waals surface area (Å²) in [5.41, 5.74) is 0.124. The number of halogens is 2. The van der Waals surface area contributed by atoms with Crippen LogP contribution in [0.2, 0.25) is 0 Å². The minimum atomic E-state index is -4.08. The Balaban J connectivity index is 1.66. The molecule has 2 N–H and O–H groups in total. The van der Waals surface area contributed by atoms with Crippen LogP contribution in [0.5, 0.6) is 0 Å². The van der Waals surface area contributed by atoms with Crippen molar-refractivity contribution in [3.8, 4) is 16.9 Å². The molecular weight excluding hydrogens is 498 g/mol. The lowest BCUT2D eigenvalue weighted by Gasteiger charge is -2.38. The minimum Gasteiger partial charge on any atom is -0.367 e. The van der Waals surface area contributed by atoms with Gasteiger partial charge in [-0.3, -0.25) is 4.40 Å². The number of rotatable bonds is 6. The van der Waals surface area contributed by atoms with Crippen molar-refractivity contribution in [3.63, 3.8) is 0 Å². The summed E-state index contributed by atoms with van der Waals surface area (Å²) in [5.74, 6) is 0.118. The van der Waals surface area contributed by atoms with Crippen molar-refractivity contribution < 1.29 is 17.2 Å². The summed E-state index contributed by atoms with van der Waals surface area (Å²) in [5, 5.41) is 20.1. The predicted molar refractivity (Wildman–Crippen MR) is 126 cm³/mol. The summed E-state index contributed by atoms with van der Waals surface area (Å²) in [7, 11) is -4.08. The molecule has 0 spiro atoms. The van der Waals surface area contributed by atoms with Gasteiger partial charge in [-0.2, -0.15) is 9.98 Å². The molecule has 0 bridgehead atoms. The molecule has 4 atom stereocenters. The van der Waals surface area contributed by atoms with E-state index < -0.39 is 27.0 Å². The predicted octanol–water partition coefficient (Wildman–Crippen LogP) is 2.56. The molecule has 3 aromatic rings. The number of sulfonamides is 1. The summed E-state index contributed by atoms with van der Waals surface area (Å²) in [6, 6.07) is 3.98.